The van der Waals surface area contributed by atoms with E-state index in [1.165, 1.54) is 22.4 Å². The predicted molar refractivity (Wildman–Crippen MR) is 114 cm³/mol. The van der Waals surface area contributed by atoms with Gasteiger partial charge >= 0.3 is 0 Å². The van der Waals surface area contributed by atoms with Crippen LogP contribution in [0.3, 0.4) is 0 Å². The Balaban J connectivity index is 0.00000210. The number of nitrogens with zero attached hydrogens (tertiary/aromatic N) is 2. The number of halogens is 1. The fraction of sp³-hybridized carbons (Fsp3) is 0.273. The summed E-state index contributed by atoms with van der Waals surface area (Å²) in [5.74, 6) is 0. The minimum absolute atomic E-state index is 0. The van der Waals surface area contributed by atoms with Crippen molar-refractivity contribution in [1.82, 2.24) is 20.6 Å². The first-order chi connectivity index (χ1) is 12.9. The number of rotatable bonds is 7. The zero-order valence-electron chi connectivity index (χ0n) is 15.3. The minimum atomic E-state index is 0. The van der Waals surface area contributed by atoms with Crippen LogP contribution in [0.4, 0.5) is 0 Å². The molecule has 0 bridgehead atoms. The highest BCUT2D eigenvalue weighted by molar-refractivity contribution is 8.93. The van der Waals surface area contributed by atoms with Crippen LogP contribution in [-0.2, 0) is 26.1 Å². The molecule has 2 aromatic heterocycles. The lowest BCUT2D eigenvalue weighted by atomic mass is 10.1. The smallest absolute Gasteiger partial charge is 0.0605 e. The third kappa shape index (κ3) is 5.22. The van der Waals surface area contributed by atoms with E-state index in [-0.39, 0.29) is 17.0 Å². The Hall–Kier alpha value is -2.08. The van der Waals surface area contributed by atoms with Gasteiger partial charge in [-0.15, -0.1) is 17.0 Å². The molecule has 1 aliphatic rings. The maximum Gasteiger partial charge on any atom is 0.0605 e. The summed E-state index contributed by atoms with van der Waals surface area (Å²) >= 11 is 0. The molecule has 0 aliphatic heterocycles. The molecule has 0 saturated carbocycles. The Morgan fingerprint density at radius 3 is 2.37 bits per heavy atom. The van der Waals surface area contributed by atoms with Crippen molar-refractivity contribution in [1.29, 1.82) is 0 Å². The maximum atomic E-state index is 4.55. The standard InChI is InChI=1S/C22H24N4.BrH/c1-2-12-24-20(5-1)16-23-14-17-6-8-18(9-7-17)15-26-21-11-10-19-4-3-13-25-22(19)21;/h1-9,12-13,21,23,26H,10-11,14-16H2;1H. The van der Waals surface area contributed by atoms with Crippen molar-refractivity contribution in [2.75, 3.05) is 0 Å². The molecular formula is C22H25BrN4. The molecule has 1 unspecified atom stereocenters. The van der Waals surface area contributed by atoms with Gasteiger partial charge in [0.1, 0.15) is 0 Å². The fourth-order valence-electron chi connectivity index (χ4n) is 3.46. The van der Waals surface area contributed by atoms with E-state index in [0.29, 0.717) is 6.04 Å². The summed E-state index contributed by atoms with van der Waals surface area (Å²) < 4.78 is 0. The van der Waals surface area contributed by atoms with E-state index in [9.17, 15) is 0 Å². The molecule has 0 spiro atoms. The van der Waals surface area contributed by atoms with Crippen LogP contribution < -0.4 is 10.6 Å². The Morgan fingerprint density at radius 1 is 0.815 bits per heavy atom. The first kappa shape index (κ1) is 19.7. The molecule has 0 amide bonds. The molecule has 27 heavy (non-hydrogen) atoms. The summed E-state index contributed by atoms with van der Waals surface area (Å²) in [6.45, 7) is 2.52. The summed E-state index contributed by atoms with van der Waals surface area (Å²) in [5, 5.41) is 7.09. The van der Waals surface area contributed by atoms with Gasteiger partial charge in [0.2, 0.25) is 0 Å². The van der Waals surface area contributed by atoms with Crippen molar-refractivity contribution in [2.24, 2.45) is 0 Å². The van der Waals surface area contributed by atoms with Gasteiger partial charge in [0.25, 0.3) is 0 Å². The summed E-state index contributed by atoms with van der Waals surface area (Å²) in [6, 6.07) is 19.4. The van der Waals surface area contributed by atoms with Crippen LogP contribution in [0.25, 0.3) is 0 Å². The second kappa shape index (κ2) is 9.74. The lowest BCUT2D eigenvalue weighted by Crippen LogP contribution is -2.19. The lowest BCUT2D eigenvalue weighted by Gasteiger charge is -2.13. The number of fused-ring (bicyclic) bond motifs is 1. The van der Waals surface area contributed by atoms with Crippen molar-refractivity contribution in [3.8, 4) is 0 Å². The van der Waals surface area contributed by atoms with Crippen LogP contribution in [0.5, 0.6) is 0 Å². The number of hydrogen-bond acceptors (Lipinski definition) is 4. The van der Waals surface area contributed by atoms with E-state index in [1.54, 1.807) is 0 Å². The molecule has 2 heterocycles. The quantitative estimate of drug-likeness (QED) is 0.598. The number of aromatic nitrogens is 2. The van der Waals surface area contributed by atoms with Gasteiger partial charge in [-0.05, 0) is 47.7 Å². The Bertz CT molecular complexity index is 836. The summed E-state index contributed by atoms with van der Waals surface area (Å²) in [5.41, 5.74) is 6.28. The first-order valence-electron chi connectivity index (χ1n) is 9.24. The molecule has 4 nitrogen and oxygen atoms in total. The van der Waals surface area contributed by atoms with Crippen molar-refractivity contribution in [2.45, 2.75) is 38.5 Å². The van der Waals surface area contributed by atoms with Gasteiger partial charge in [-0.3, -0.25) is 9.97 Å². The van der Waals surface area contributed by atoms with Crippen LogP contribution in [0, 0.1) is 0 Å². The van der Waals surface area contributed by atoms with E-state index < -0.39 is 0 Å². The van der Waals surface area contributed by atoms with Gasteiger partial charge in [-0.2, -0.15) is 0 Å². The van der Waals surface area contributed by atoms with Crippen LogP contribution in [0.15, 0.2) is 67.0 Å². The topological polar surface area (TPSA) is 49.8 Å². The molecule has 2 N–H and O–H groups in total. The van der Waals surface area contributed by atoms with Crippen molar-refractivity contribution in [3.05, 3.63) is 95.1 Å². The largest absolute Gasteiger partial charge is 0.307 e. The molecule has 1 aliphatic carbocycles. The Labute approximate surface area is 171 Å². The molecule has 5 heteroatoms. The number of hydrogen-bond donors (Lipinski definition) is 2. The van der Waals surface area contributed by atoms with Gasteiger partial charge in [-0.25, -0.2) is 0 Å². The van der Waals surface area contributed by atoms with Crippen LogP contribution >= 0.6 is 17.0 Å². The Morgan fingerprint density at radius 2 is 1.59 bits per heavy atom. The molecule has 0 fully saturated rings. The van der Waals surface area contributed by atoms with Gasteiger partial charge in [0, 0.05) is 32.0 Å². The molecule has 1 atom stereocenters. The number of pyridine rings is 2. The summed E-state index contributed by atoms with van der Waals surface area (Å²) in [7, 11) is 0. The molecule has 0 saturated heterocycles. The summed E-state index contributed by atoms with van der Waals surface area (Å²) in [6.07, 6.45) is 5.99. The normalized spacial score (nSPS) is 15.2. The number of nitrogens with one attached hydrogen (secondary N) is 2. The number of aryl methyl sites for hydroxylation is 1. The highest BCUT2D eigenvalue weighted by Gasteiger charge is 2.22. The highest BCUT2D eigenvalue weighted by Crippen LogP contribution is 2.28. The Kier molecular flexibility index (Phi) is 7.10. The maximum absolute atomic E-state index is 4.55. The molecule has 3 aromatic rings. The average molecular weight is 425 g/mol. The average Bonchev–Trinajstić information content (AvgIpc) is 3.11. The third-order valence-corrected chi connectivity index (χ3v) is 4.90. The number of benzene rings is 1. The summed E-state index contributed by atoms with van der Waals surface area (Å²) in [4.78, 5) is 8.88. The second-order valence-corrected chi connectivity index (χ2v) is 6.76. The molecular weight excluding hydrogens is 400 g/mol. The SMILES string of the molecule is Br.c1ccc(CNCc2ccc(CNC3CCc4cccnc43)cc2)nc1. The van der Waals surface area contributed by atoms with E-state index in [0.717, 1.165) is 38.2 Å². The lowest BCUT2D eigenvalue weighted by molar-refractivity contribution is 0.521. The van der Waals surface area contributed by atoms with Crippen molar-refractivity contribution in [3.63, 3.8) is 0 Å². The van der Waals surface area contributed by atoms with E-state index in [1.807, 2.05) is 36.7 Å². The fourth-order valence-corrected chi connectivity index (χ4v) is 3.46. The van der Waals surface area contributed by atoms with Crippen LogP contribution in [0.1, 0.15) is 40.5 Å². The van der Waals surface area contributed by atoms with Gasteiger partial charge in [0.05, 0.1) is 17.4 Å². The first-order valence-corrected chi connectivity index (χ1v) is 9.24. The zero-order chi connectivity index (χ0) is 17.6. The predicted octanol–water partition coefficient (Wildman–Crippen LogP) is 4.12. The van der Waals surface area contributed by atoms with Crippen molar-refractivity contribution < 1.29 is 0 Å². The third-order valence-electron chi connectivity index (χ3n) is 4.90. The molecule has 0 radical (unpaired) electrons. The van der Waals surface area contributed by atoms with E-state index >= 15 is 0 Å². The monoisotopic (exact) mass is 424 g/mol. The van der Waals surface area contributed by atoms with Crippen molar-refractivity contribution >= 4 is 17.0 Å². The van der Waals surface area contributed by atoms with Crippen LogP contribution in [0.2, 0.25) is 0 Å². The molecule has 140 valence electrons. The van der Waals surface area contributed by atoms with E-state index in [2.05, 4.69) is 50.9 Å². The highest BCUT2D eigenvalue weighted by atomic mass is 79.9. The van der Waals surface area contributed by atoms with Gasteiger partial charge < -0.3 is 10.6 Å². The molecule has 1 aromatic carbocycles. The minimum Gasteiger partial charge on any atom is -0.307 e. The zero-order valence-corrected chi connectivity index (χ0v) is 17.0. The van der Waals surface area contributed by atoms with E-state index in [4.69, 9.17) is 0 Å². The molecule has 4 rings (SSSR count). The second-order valence-electron chi connectivity index (χ2n) is 6.76. The van der Waals surface area contributed by atoms with Gasteiger partial charge in [0.15, 0.2) is 0 Å². The van der Waals surface area contributed by atoms with Crippen LogP contribution in [-0.4, -0.2) is 9.97 Å². The van der Waals surface area contributed by atoms with Gasteiger partial charge in [-0.1, -0.05) is 36.4 Å².